The van der Waals surface area contributed by atoms with Crippen molar-refractivity contribution in [2.75, 3.05) is 0 Å². The molecule has 4 nitrogen and oxygen atoms in total. The summed E-state index contributed by atoms with van der Waals surface area (Å²) in [5.41, 5.74) is 9.50. The molecule has 2 aliphatic heterocycles. The van der Waals surface area contributed by atoms with E-state index in [2.05, 4.69) is 51.3 Å². The summed E-state index contributed by atoms with van der Waals surface area (Å²) in [7, 11) is 0. The average Bonchev–Trinajstić information content (AvgIpc) is 3.04. The highest BCUT2D eigenvalue weighted by Crippen LogP contribution is 2.37. The van der Waals surface area contributed by atoms with Gasteiger partial charge in [-0.3, -0.25) is 4.79 Å². The molecule has 0 fully saturated rings. The first-order valence-corrected chi connectivity index (χ1v) is 10.1. The molecule has 5 rings (SSSR count). The Labute approximate surface area is 177 Å². The van der Waals surface area contributed by atoms with Gasteiger partial charge in [-0.1, -0.05) is 39.1 Å². The van der Waals surface area contributed by atoms with Crippen molar-refractivity contribution in [3.63, 3.8) is 0 Å². The van der Waals surface area contributed by atoms with Gasteiger partial charge in [0.2, 0.25) is 0 Å². The number of benzene rings is 1. The SMILES string of the molecule is C.C=C(C)Cc1ccc2nc3c(c(CC)c2c1)Cn1c-3cc2c(c1=O)COC(=C)C2. The van der Waals surface area contributed by atoms with Crippen LogP contribution in [-0.4, -0.2) is 9.55 Å². The highest BCUT2D eigenvalue weighted by atomic mass is 16.5. The van der Waals surface area contributed by atoms with Crippen molar-refractivity contribution in [3.05, 3.63) is 86.9 Å². The number of hydrogen-bond donors (Lipinski definition) is 0. The molecule has 0 spiro atoms. The standard InChI is InChI=1S/C25H24N2O2.CH4/c1-5-18-19-10-16(8-14(2)3)6-7-22(19)26-24-20(18)12-27-23(24)11-17-9-15(4)29-13-21(17)25(27)28;/h6-7,10-11H,2,4-5,8-9,12-13H2,1,3H3;1H4. The molecule has 4 heterocycles. The Hall–Kier alpha value is -3.14. The second-order valence-electron chi connectivity index (χ2n) is 8.19. The minimum Gasteiger partial charge on any atom is -0.493 e. The predicted molar refractivity (Wildman–Crippen MR) is 123 cm³/mol. The highest BCUT2D eigenvalue weighted by molar-refractivity contribution is 5.88. The Bertz CT molecular complexity index is 1280. The third-order valence-corrected chi connectivity index (χ3v) is 5.99. The molecule has 0 saturated heterocycles. The molecule has 0 amide bonds. The maximum absolute atomic E-state index is 13.2. The second kappa shape index (κ2) is 7.28. The lowest BCUT2D eigenvalue weighted by Gasteiger charge is -2.20. The van der Waals surface area contributed by atoms with Crippen molar-refractivity contribution < 1.29 is 4.74 Å². The van der Waals surface area contributed by atoms with Crippen LogP contribution < -0.4 is 5.56 Å². The van der Waals surface area contributed by atoms with Crippen molar-refractivity contribution in [2.45, 2.75) is 53.7 Å². The summed E-state index contributed by atoms with van der Waals surface area (Å²) < 4.78 is 7.41. The molecule has 0 bridgehead atoms. The summed E-state index contributed by atoms with van der Waals surface area (Å²) in [5, 5.41) is 1.19. The van der Waals surface area contributed by atoms with E-state index in [1.54, 1.807) is 0 Å². The monoisotopic (exact) mass is 400 g/mol. The van der Waals surface area contributed by atoms with E-state index in [1.165, 1.54) is 22.1 Å². The van der Waals surface area contributed by atoms with Gasteiger partial charge in [-0.2, -0.15) is 0 Å². The number of aromatic nitrogens is 2. The van der Waals surface area contributed by atoms with Gasteiger partial charge in [0.15, 0.2) is 0 Å². The number of ether oxygens (including phenoxy) is 1. The van der Waals surface area contributed by atoms with E-state index in [4.69, 9.17) is 9.72 Å². The number of allylic oxidation sites excluding steroid dienone is 2. The average molecular weight is 401 g/mol. The van der Waals surface area contributed by atoms with Crippen LogP contribution in [0.25, 0.3) is 22.3 Å². The van der Waals surface area contributed by atoms with Crippen LogP contribution in [0.3, 0.4) is 0 Å². The van der Waals surface area contributed by atoms with Gasteiger partial charge in [-0.05, 0) is 54.7 Å². The summed E-state index contributed by atoms with van der Waals surface area (Å²) in [6.45, 7) is 13.1. The number of aryl methyl sites for hydroxylation is 1. The van der Waals surface area contributed by atoms with Crippen LogP contribution in [0.1, 0.15) is 49.1 Å². The van der Waals surface area contributed by atoms with Gasteiger partial charge in [0.25, 0.3) is 5.56 Å². The van der Waals surface area contributed by atoms with E-state index in [-0.39, 0.29) is 13.0 Å². The Morgan fingerprint density at radius 3 is 2.80 bits per heavy atom. The van der Waals surface area contributed by atoms with E-state index in [9.17, 15) is 4.79 Å². The quantitative estimate of drug-likeness (QED) is 0.437. The van der Waals surface area contributed by atoms with Gasteiger partial charge >= 0.3 is 0 Å². The van der Waals surface area contributed by atoms with E-state index < -0.39 is 0 Å². The molecule has 154 valence electrons. The summed E-state index contributed by atoms with van der Waals surface area (Å²) in [6, 6.07) is 8.59. The number of hydrogen-bond acceptors (Lipinski definition) is 3. The second-order valence-corrected chi connectivity index (χ2v) is 8.19. The normalized spacial score (nSPS) is 13.9. The summed E-state index contributed by atoms with van der Waals surface area (Å²) in [6.07, 6.45) is 2.36. The van der Waals surface area contributed by atoms with E-state index >= 15 is 0 Å². The van der Waals surface area contributed by atoms with Gasteiger partial charge in [-0.25, -0.2) is 4.98 Å². The van der Waals surface area contributed by atoms with E-state index in [1.807, 2.05) is 4.57 Å². The minimum absolute atomic E-state index is 0. The molecule has 0 N–H and O–H groups in total. The van der Waals surface area contributed by atoms with Gasteiger partial charge in [0, 0.05) is 17.4 Å². The van der Waals surface area contributed by atoms with Crippen LogP contribution in [0.4, 0.5) is 0 Å². The van der Waals surface area contributed by atoms with Crippen molar-refractivity contribution in [1.29, 1.82) is 0 Å². The predicted octanol–water partition coefficient (Wildman–Crippen LogP) is 5.33. The molecular weight excluding hydrogens is 372 g/mol. The van der Waals surface area contributed by atoms with Crippen LogP contribution in [0, 0.1) is 0 Å². The molecule has 3 aromatic rings. The third-order valence-electron chi connectivity index (χ3n) is 5.99. The zero-order valence-electron chi connectivity index (χ0n) is 17.0. The van der Waals surface area contributed by atoms with Gasteiger partial charge < -0.3 is 9.30 Å². The third kappa shape index (κ3) is 2.98. The number of rotatable bonds is 3. The molecule has 0 aliphatic carbocycles. The van der Waals surface area contributed by atoms with Gasteiger partial charge in [-0.15, -0.1) is 0 Å². The van der Waals surface area contributed by atoms with Crippen molar-refractivity contribution in [3.8, 4) is 11.4 Å². The Balaban J connectivity index is 0.00000218. The fourth-order valence-electron chi connectivity index (χ4n) is 4.66. The zero-order chi connectivity index (χ0) is 20.3. The fourth-order valence-corrected chi connectivity index (χ4v) is 4.66. The maximum Gasteiger partial charge on any atom is 0.258 e. The summed E-state index contributed by atoms with van der Waals surface area (Å²) >= 11 is 0. The molecular formula is C26H28N2O2. The van der Waals surface area contributed by atoms with Crippen LogP contribution in [0.15, 0.2) is 53.6 Å². The van der Waals surface area contributed by atoms with Crippen molar-refractivity contribution in [1.82, 2.24) is 9.55 Å². The van der Waals surface area contributed by atoms with E-state index in [0.29, 0.717) is 25.3 Å². The summed E-state index contributed by atoms with van der Waals surface area (Å²) in [4.78, 5) is 18.2. The molecule has 0 atom stereocenters. The van der Waals surface area contributed by atoms with Gasteiger partial charge in [0.1, 0.15) is 6.61 Å². The largest absolute Gasteiger partial charge is 0.493 e. The van der Waals surface area contributed by atoms with Crippen LogP contribution in [0.2, 0.25) is 0 Å². The lowest BCUT2D eigenvalue weighted by atomic mass is 9.95. The molecule has 30 heavy (non-hydrogen) atoms. The number of fused-ring (bicyclic) bond motifs is 5. The van der Waals surface area contributed by atoms with Crippen LogP contribution >= 0.6 is 0 Å². The van der Waals surface area contributed by atoms with Crippen molar-refractivity contribution in [2.24, 2.45) is 0 Å². The molecule has 2 aliphatic rings. The van der Waals surface area contributed by atoms with E-state index in [0.717, 1.165) is 46.4 Å². The minimum atomic E-state index is 0. The molecule has 0 radical (unpaired) electrons. The first-order chi connectivity index (χ1) is 14.0. The van der Waals surface area contributed by atoms with Crippen LogP contribution in [0.5, 0.6) is 0 Å². The molecule has 2 aromatic heterocycles. The zero-order valence-corrected chi connectivity index (χ0v) is 17.0. The molecule has 0 saturated carbocycles. The smallest absolute Gasteiger partial charge is 0.258 e. The van der Waals surface area contributed by atoms with Crippen molar-refractivity contribution >= 4 is 10.9 Å². The topological polar surface area (TPSA) is 44.1 Å². The number of pyridine rings is 2. The molecule has 0 unspecified atom stereocenters. The lowest BCUT2D eigenvalue weighted by Crippen LogP contribution is -2.27. The van der Waals surface area contributed by atoms with Crippen LogP contribution in [-0.2, 0) is 37.2 Å². The number of nitrogens with zero attached hydrogens (tertiary/aromatic N) is 2. The first-order valence-electron chi connectivity index (χ1n) is 10.1. The highest BCUT2D eigenvalue weighted by Gasteiger charge is 2.29. The molecule has 4 heteroatoms. The molecule has 1 aromatic carbocycles. The Kier molecular flexibility index (Phi) is 4.89. The lowest BCUT2D eigenvalue weighted by molar-refractivity contribution is 0.180. The fraction of sp³-hybridized carbons (Fsp3) is 0.308. The summed E-state index contributed by atoms with van der Waals surface area (Å²) in [5.74, 6) is 0.714. The van der Waals surface area contributed by atoms with Gasteiger partial charge in [0.05, 0.1) is 34.8 Å². The first kappa shape index (κ1) is 20.1. The Morgan fingerprint density at radius 2 is 2.07 bits per heavy atom. The maximum atomic E-state index is 13.2. The Morgan fingerprint density at radius 1 is 1.27 bits per heavy atom.